The minimum Gasteiger partial charge on any atom is -0.494 e. The van der Waals surface area contributed by atoms with Crippen LogP contribution in [0.1, 0.15) is 21.5 Å². The number of amides is 1. The Morgan fingerprint density at radius 3 is 2.48 bits per heavy atom. The van der Waals surface area contributed by atoms with Crippen LogP contribution in [0.25, 0.3) is 11.8 Å². The lowest BCUT2D eigenvalue weighted by molar-refractivity contribution is -0.112. The van der Waals surface area contributed by atoms with Gasteiger partial charge in [-0.1, -0.05) is 30.3 Å². The maximum absolute atomic E-state index is 12.9. The normalized spacial score (nSPS) is 14.6. The molecule has 0 bridgehead atoms. The van der Waals surface area contributed by atoms with E-state index in [4.69, 9.17) is 12.2 Å². The molecule has 0 spiro atoms. The molecule has 4 rings (SSSR count). The Balaban J connectivity index is 1.92. The maximum Gasteiger partial charge on any atom is 0.262 e. The molecule has 2 aromatic carbocycles. The van der Waals surface area contributed by atoms with Crippen molar-refractivity contribution < 1.29 is 14.7 Å². The molecule has 3 aromatic rings. The van der Waals surface area contributed by atoms with Gasteiger partial charge < -0.3 is 10.4 Å². The molecular weight excluding hydrogens is 390 g/mol. The van der Waals surface area contributed by atoms with Gasteiger partial charge in [0.15, 0.2) is 4.77 Å². The second kappa shape index (κ2) is 6.99. The fraction of sp³-hybridized carbons (Fsp3) is 0.0476. The van der Waals surface area contributed by atoms with E-state index < -0.39 is 23.1 Å². The van der Waals surface area contributed by atoms with Crippen LogP contribution in [-0.4, -0.2) is 26.3 Å². The lowest BCUT2D eigenvalue weighted by atomic mass is 9.93. The van der Waals surface area contributed by atoms with E-state index in [1.165, 1.54) is 4.57 Å². The van der Waals surface area contributed by atoms with Gasteiger partial charge in [-0.05, 0) is 49.0 Å². The maximum atomic E-state index is 12.9. The number of benzene rings is 2. The van der Waals surface area contributed by atoms with Crippen molar-refractivity contribution in [2.75, 3.05) is 5.32 Å². The highest BCUT2D eigenvalue weighted by Crippen LogP contribution is 2.30. The SMILES string of the molecule is Cc1cccc2c1NC(=O)/C(=C/c1c(O)n(-c3ccccc3)c(=S)[nH]c1=O)C2=O. The fourth-order valence-corrected chi connectivity index (χ4v) is 3.50. The molecule has 1 aliphatic rings. The number of fused-ring (bicyclic) bond motifs is 1. The van der Waals surface area contributed by atoms with E-state index in [-0.39, 0.29) is 15.9 Å². The molecule has 0 saturated carbocycles. The number of anilines is 1. The summed E-state index contributed by atoms with van der Waals surface area (Å²) in [6.07, 6.45) is 1.09. The van der Waals surface area contributed by atoms with Crippen LogP contribution < -0.4 is 10.9 Å². The van der Waals surface area contributed by atoms with Gasteiger partial charge in [0.05, 0.1) is 16.9 Å². The van der Waals surface area contributed by atoms with Crippen LogP contribution in [0.5, 0.6) is 5.88 Å². The highest BCUT2D eigenvalue weighted by Gasteiger charge is 2.30. The molecule has 29 heavy (non-hydrogen) atoms. The summed E-state index contributed by atoms with van der Waals surface area (Å²) in [6.45, 7) is 1.78. The smallest absolute Gasteiger partial charge is 0.262 e. The number of nitrogens with zero attached hydrogens (tertiary/aromatic N) is 1. The van der Waals surface area contributed by atoms with Crippen LogP contribution in [0.3, 0.4) is 0 Å². The first-order valence-corrected chi connectivity index (χ1v) is 9.10. The zero-order valence-electron chi connectivity index (χ0n) is 15.2. The molecule has 2 heterocycles. The Bertz CT molecular complexity index is 1320. The molecule has 144 valence electrons. The van der Waals surface area contributed by atoms with Crippen molar-refractivity contribution in [3.05, 3.63) is 85.9 Å². The predicted molar refractivity (Wildman–Crippen MR) is 111 cm³/mol. The third-order valence-electron chi connectivity index (χ3n) is 4.67. The van der Waals surface area contributed by atoms with Crippen molar-refractivity contribution in [3.63, 3.8) is 0 Å². The Labute approximate surface area is 170 Å². The van der Waals surface area contributed by atoms with Crippen molar-refractivity contribution in [3.8, 4) is 11.6 Å². The summed E-state index contributed by atoms with van der Waals surface area (Å²) in [7, 11) is 0. The summed E-state index contributed by atoms with van der Waals surface area (Å²) in [5, 5.41) is 13.4. The van der Waals surface area contributed by atoms with Crippen molar-refractivity contribution in [1.82, 2.24) is 9.55 Å². The highest BCUT2D eigenvalue weighted by atomic mass is 32.1. The Morgan fingerprint density at radius 1 is 1.03 bits per heavy atom. The summed E-state index contributed by atoms with van der Waals surface area (Å²) in [5.74, 6) is -1.64. The van der Waals surface area contributed by atoms with E-state index in [2.05, 4.69) is 10.3 Å². The minimum absolute atomic E-state index is 0.0127. The topological polar surface area (TPSA) is 104 Å². The van der Waals surface area contributed by atoms with E-state index in [1.807, 2.05) is 0 Å². The van der Waals surface area contributed by atoms with Crippen LogP contribution in [0.4, 0.5) is 5.69 Å². The second-order valence-electron chi connectivity index (χ2n) is 6.51. The van der Waals surface area contributed by atoms with Gasteiger partial charge in [-0.2, -0.15) is 0 Å². The number of hydrogen-bond donors (Lipinski definition) is 3. The average Bonchev–Trinajstić information content (AvgIpc) is 2.69. The molecule has 7 nitrogen and oxygen atoms in total. The third kappa shape index (κ3) is 3.09. The number of aryl methyl sites for hydroxylation is 1. The Kier molecular flexibility index (Phi) is 4.48. The van der Waals surface area contributed by atoms with Gasteiger partial charge in [-0.25, -0.2) is 0 Å². The van der Waals surface area contributed by atoms with Crippen molar-refractivity contribution >= 4 is 35.7 Å². The summed E-state index contributed by atoms with van der Waals surface area (Å²) < 4.78 is 1.24. The molecule has 0 fully saturated rings. The molecule has 1 amide bonds. The van der Waals surface area contributed by atoms with Gasteiger partial charge in [-0.3, -0.25) is 23.9 Å². The Hall–Kier alpha value is -3.78. The second-order valence-corrected chi connectivity index (χ2v) is 6.89. The number of hydrogen-bond acceptors (Lipinski definition) is 5. The van der Waals surface area contributed by atoms with Crippen LogP contribution in [0, 0.1) is 11.7 Å². The van der Waals surface area contributed by atoms with Crippen molar-refractivity contribution in [2.24, 2.45) is 0 Å². The molecule has 8 heteroatoms. The zero-order chi connectivity index (χ0) is 20.7. The molecule has 3 N–H and O–H groups in total. The predicted octanol–water partition coefficient (Wildman–Crippen LogP) is 3.13. The number of aromatic amines is 1. The van der Waals surface area contributed by atoms with Crippen molar-refractivity contribution in [2.45, 2.75) is 6.92 Å². The summed E-state index contributed by atoms with van der Waals surface area (Å²) in [6, 6.07) is 13.8. The molecule has 1 aromatic heterocycles. The first-order chi connectivity index (χ1) is 13.9. The quantitative estimate of drug-likeness (QED) is 0.345. The molecule has 0 saturated heterocycles. The number of carbonyl (C=O) groups excluding carboxylic acids is 2. The molecule has 0 unspecified atom stereocenters. The molecule has 0 aliphatic carbocycles. The number of aromatic hydroxyl groups is 1. The third-order valence-corrected chi connectivity index (χ3v) is 4.95. The number of carbonyl (C=O) groups is 2. The molecule has 1 aliphatic heterocycles. The van der Waals surface area contributed by atoms with Crippen LogP contribution >= 0.6 is 12.2 Å². The zero-order valence-corrected chi connectivity index (χ0v) is 16.0. The van der Waals surface area contributed by atoms with Gasteiger partial charge in [0, 0.05) is 5.56 Å². The van der Waals surface area contributed by atoms with Crippen LogP contribution in [0.15, 0.2) is 58.9 Å². The van der Waals surface area contributed by atoms with E-state index in [0.717, 1.165) is 11.6 Å². The lowest BCUT2D eigenvalue weighted by Crippen LogP contribution is -2.28. The van der Waals surface area contributed by atoms with Gasteiger partial charge in [0.25, 0.3) is 11.5 Å². The molecule has 0 radical (unpaired) electrons. The van der Waals surface area contributed by atoms with E-state index >= 15 is 0 Å². The largest absolute Gasteiger partial charge is 0.494 e. The van der Waals surface area contributed by atoms with E-state index in [0.29, 0.717) is 16.9 Å². The van der Waals surface area contributed by atoms with Gasteiger partial charge in [0.2, 0.25) is 11.7 Å². The lowest BCUT2D eigenvalue weighted by Gasteiger charge is -2.20. The number of rotatable bonds is 2. The van der Waals surface area contributed by atoms with Gasteiger partial charge in [-0.15, -0.1) is 0 Å². The number of ketones is 1. The monoisotopic (exact) mass is 405 g/mol. The summed E-state index contributed by atoms with van der Waals surface area (Å²) in [5.41, 5.74) is 0.841. The number of Topliss-reactive ketones (excluding diaryl/α,β-unsaturated/α-hetero) is 1. The minimum atomic E-state index is -0.706. The fourth-order valence-electron chi connectivity index (χ4n) is 3.21. The van der Waals surface area contributed by atoms with E-state index in [1.54, 1.807) is 55.5 Å². The van der Waals surface area contributed by atoms with Gasteiger partial charge >= 0.3 is 0 Å². The highest BCUT2D eigenvalue weighted by molar-refractivity contribution is 7.71. The number of aromatic nitrogens is 2. The Morgan fingerprint density at radius 2 is 1.76 bits per heavy atom. The van der Waals surface area contributed by atoms with Crippen molar-refractivity contribution in [1.29, 1.82) is 0 Å². The van der Waals surface area contributed by atoms with E-state index in [9.17, 15) is 19.5 Å². The summed E-state index contributed by atoms with van der Waals surface area (Å²) >= 11 is 5.17. The number of H-pyrrole nitrogens is 1. The molecular formula is C21H15N3O4S. The standard InChI is InChI=1S/C21H15N3O4S/c1-11-6-5-9-13-16(11)22-18(26)14(17(13)25)10-15-19(27)23-21(29)24(20(15)28)12-7-3-2-4-8-12/h2-10,28H,1H3,(H,22,26)(H,23,27,29)/b14-10+. The van der Waals surface area contributed by atoms with Gasteiger partial charge in [0.1, 0.15) is 5.56 Å². The molecule has 0 atom stereocenters. The summed E-state index contributed by atoms with van der Waals surface area (Å²) in [4.78, 5) is 40.3. The number of nitrogens with one attached hydrogen (secondary N) is 2. The average molecular weight is 405 g/mol. The first kappa shape index (κ1) is 18.6. The first-order valence-electron chi connectivity index (χ1n) is 8.69. The van der Waals surface area contributed by atoms with Crippen LogP contribution in [0.2, 0.25) is 0 Å². The van der Waals surface area contributed by atoms with Crippen LogP contribution in [-0.2, 0) is 4.79 Å². The number of para-hydroxylation sites is 2.